The highest BCUT2D eigenvalue weighted by atomic mass is 16.5. The zero-order valence-electron chi connectivity index (χ0n) is 12.6. The summed E-state index contributed by atoms with van der Waals surface area (Å²) in [5.74, 6) is -0.183. The molecular weight excluding hydrogens is 254 g/mol. The molecule has 1 N–H and O–H groups in total. The van der Waals surface area contributed by atoms with Crippen molar-refractivity contribution in [2.75, 3.05) is 26.8 Å². The van der Waals surface area contributed by atoms with Crippen LogP contribution in [0.3, 0.4) is 0 Å². The zero-order valence-corrected chi connectivity index (χ0v) is 12.6. The van der Waals surface area contributed by atoms with Crippen molar-refractivity contribution in [2.24, 2.45) is 5.92 Å². The fourth-order valence-electron chi connectivity index (χ4n) is 2.17. The van der Waals surface area contributed by atoms with E-state index in [4.69, 9.17) is 9.84 Å². The number of hydrogen-bond donors (Lipinski definition) is 1. The smallest absolute Gasteiger partial charge is 0.307 e. The molecule has 0 aliphatic carbocycles. The first-order valence-electron chi connectivity index (χ1n) is 7.02. The van der Waals surface area contributed by atoms with E-state index in [0.29, 0.717) is 5.92 Å². The third kappa shape index (κ3) is 6.68. The number of benzene rings is 1. The molecule has 0 aromatic heterocycles. The minimum Gasteiger partial charge on any atom is -0.481 e. The van der Waals surface area contributed by atoms with Gasteiger partial charge < -0.3 is 9.84 Å². The van der Waals surface area contributed by atoms with Crippen LogP contribution in [0.1, 0.15) is 25.0 Å². The summed E-state index contributed by atoms with van der Waals surface area (Å²) in [4.78, 5) is 13.0. The Labute approximate surface area is 121 Å². The Morgan fingerprint density at radius 2 is 1.85 bits per heavy atom. The van der Waals surface area contributed by atoms with Crippen LogP contribution in [0.15, 0.2) is 24.3 Å². The van der Waals surface area contributed by atoms with Gasteiger partial charge in [-0.25, -0.2) is 0 Å². The van der Waals surface area contributed by atoms with Crippen molar-refractivity contribution in [3.8, 4) is 0 Å². The Kier molecular flexibility index (Phi) is 7.26. The van der Waals surface area contributed by atoms with E-state index in [1.165, 1.54) is 5.56 Å². The summed E-state index contributed by atoms with van der Waals surface area (Å²) >= 11 is 0. The van der Waals surface area contributed by atoms with Gasteiger partial charge in [0, 0.05) is 26.7 Å². The van der Waals surface area contributed by atoms with Crippen LogP contribution in [0.2, 0.25) is 0 Å². The molecule has 1 rings (SSSR count). The predicted octanol–water partition coefficient (Wildman–Crippen LogP) is 2.42. The van der Waals surface area contributed by atoms with Gasteiger partial charge in [-0.2, -0.15) is 0 Å². The first-order valence-corrected chi connectivity index (χ1v) is 7.02. The van der Waals surface area contributed by atoms with Crippen molar-refractivity contribution in [2.45, 2.75) is 26.8 Å². The number of methoxy groups -OCH3 is 1. The maximum atomic E-state index is 10.6. The van der Waals surface area contributed by atoms with E-state index < -0.39 is 5.97 Å². The van der Waals surface area contributed by atoms with Crippen LogP contribution < -0.4 is 0 Å². The van der Waals surface area contributed by atoms with Crippen molar-refractivity contribution in [1.82, 2.24) is 4.90 Å². The molecule has 0 heterocycles. The fourth-order valence-corrected chi connectivity index (χ4v) is 2.17. The minimum atomic E-state index is -0.792. The van der Waals surface area contributed by atoms with Gasteiger partial charge >= 0.3 is 5.97 Å². The van der Waals surface area contributed by atoms with Gasteiger partial charge in [-0.1, -0.05) is 38.1 Å². The van der Waals surface area contributed by atoms with Crippen molar-refractivity contribution in [3.05, 3.63) is 35.4 Å². The van der Waals surface area contributed by atoms with Gasteiger partial charge in [0.2, 0.25) is 0 Å². The van der Waals surface area contributed by atoms with Gasteiger partial charge in [0.1, 0.15) is 0 Å². The molecule has 4 heteroatoms. The van der Waals surface area contributed by atoms with Crippen LogP contribution in [-0.4, -0.2) is 42.8 Å². The highest BCUT2D eigenvalue weighted by molar-refractivity contribution is 5.70. The fraction of sp³-hybridized carbons (Fsp3) is 0.562. The second-order valence-electron chi connectivity index (χ2n) is 5.51. The van der Waals surface area contributed by atoms with Crippen LogP contribution in [0.25, 0.3) is 0 Å². The molecule has 0 saturated heterocycles. The molecule has 0 amide bonds. The van der Waals surface area contributed by atoms with E-state index in [1.54, 1.807) is 7.11 Å². The second-order valence-corrected chi connectivity index (χ2v) is 5.51. The molecule has 112 valence electrons. The number of carbonyl (C=O) groups is 1. The number of hydrogen-bond acceptors (Lipinski definition) is 3. The average Bonchev–Trinajstić information content (AvgIpc) is 2.37. The number of carboxylic acid groups (broad SMARTS) is 1. The quantitative estimate of drug-likeness (QED) is 0.754. The molecule has 0 aliphatic heterocycles. The molecule has 0 aliphatic rings. The summed E-state index contributed by atoms with van der Waals surface area (Å²) in [7, 11) is 1.72. The molecule has 0 unspecified atom stereocenters. The highest BCUT2D eigenvalue weighted by Gasteiger charge is 2.08. The van der Waals surface area contributed by atoms with Crippen molar-refractivity contribution >= 4 is 5.97 Å². The summed E-state index contributed by atoms with van der Waals surface area (Å²) in [5.41, 5.74) is 2.05. The van der Waals surface area contributed by atoms with Gasteiger partial charge in [0.15, 0.2) is 0 Å². The Bertz CT molecular complexity index is 401. The summed E-state index contributed by atoms with van der Waals surface area (Å²) in [6.45, 7) is 7.94. The molecule has 0 radical (unpaired) electrons. The summed E-state index contributed by atoms with van der Waals surface area (Å²) in [5, 5.41) is 8.76. The summed E-state index contributed by atoms with van der Waals surface area (Å²) < 4.78 is 5.15. The molecular formula is C16H25NO3. The van der Waals surface area contributed by atoms with Gasteiger partial charge in [0.05, 0.1) is 13.0 Å². The minimum absolute atomic E-state index is 0.0830. The van der Waals surface area contributed by atoms with Crippen LogP contribution in [-0.2, 0) is 22.5 Å². The highest BCUT2D eigenvalue weighted by Crippen LogP contribution is 2.10. The topological polar surface area (TPSA) is 49.8 Å². The van der Waals surface area contributed by atoms with E-state index in [0.717, 1.165) is 31.8 Å². The zero-order chi connectivity index (χ0) is 15.0. The van der Waals surface area contributed by atoms with E-state index in [-0.39, 0.29) is 6.42 Å². The average molecular weight is 279 g/mol. The van der Waals surface area contributed by atoms with Gasteiger partial charge in [-0.3, -0.25) is 9.69 Å². The number of nitrogens with zero attached hydrogens (tertiary/aromatic N) is 1. The molecule has 0 bridgehead atoms. The van der Waals surface area contributed by atoms with Gasteiger partial charge in [-0.05, 0) is 17.0 Å². The number of aliphatic carboxylic acids is 1. The first-order chi connectivity index (χ1) is 9.51. The molecule has 0 spiro atoms. The Morgan fingerprint density at radius 3 is 2.35 bits per heavy atom. The lowest BCUT2D eigenvalue weighted by atomic mass is 10.1. The van der Waals surface area contributed by atoms with Crippen molar-refractivity contribution in [1.29, 1.82) is 0 Å². The lowest BCUT2D eigenvalue weighted by Gasteiger charge is -2.24. The van der Waals surface area contributed by atoms with E-state index in [1.807, 2.05) is 24.3 Å². The van der Waals surface area contributed by atoms with E-state index >= 15 is 0 Å². The van der Waals surface area contributed by atoms with Gasteiger partial charge in [0.25, 0.3) is 0 Å². The third-order valence-electron chi connectivity index (χ3n) is 3.02. The van der Waals surface area contributed by atoms with Crippen LogP contribution in [0, 0.1) is 5.92 Å². The molecule has 0 fully saturated rings. The van der Waals surface area contributed by atoms with Crippen LogP contribution in [0.5, 0.6) is 0 Å². The normalized spacial score (nSPS) is 11.2. The van der Waals surface area contributed by atoms with Crippen LogP contribution in [0.4, 0.5) is 0 Å². The maximum Gasteiger partial charge on any atom is 0.307 e. The van der Waals surface area contributed by atoms with Crippen molar-refractivity contribution in [3.63, 3.8) is 0 Å². The SMILES string of the molecule is COCCN(Cc1ccc(CC(=O)O)cc1)CC(C)C. The third-order valence-corrected chi connectivity index (χ3v) is 3.02. The lowest BCUT2D eigenvalue weighted by molar-refractivity contribution is -0.136. The predicted molar refractivity (Wildman–Crippen MR) is 79.8 cm³/mol. The molecule has 0 saturated carbocycles. The Morgan fingerprint density at radius 1 is 1.25 bits per heavy atom. The maximum absolute atomic E-state index is 10.6. The standard InChI is InChI=1S/C16H25NO3/c1-13(2)11-17(8-9-20-3)12-15-6-4-14(5-7-15)10-16(18)19/h4-7,13H,8-12H2,1-3H3,(H,18,19). The second kappa shape index (κ2) is 8.72. The monoisotopic (exact) mass is 279 g/mol. The molecule has 20 heavy (non-hydrogen) atoms. The summed E-state index contributed by atoms with van der Waals surface area (Å²) in [6, 6.07) is 7.82. The summed E-state index contributed by atoms with van der Waals surface area (Å²) in [6.07, 6.45) is 0.0830. The van der Waals surface area contributed by atoms with E-state index in [9.17, 15) is 4.79 Å². The van der Waals surface area contributed by atoms with Crippen LogP contribution >= 0.6 is 0 Å². The largest absolute Gasteiger partial charge is 0.481 e. The number of carboxylic acids is 1. The Balaban J connectivity index is 2.60. The Hall–Kier alpha value is -1.39. The first kappa shape index (κ1) is 16.7. The van der Waals surface area contributed by atoms with Crippen molar-refractivity contribution < 1.29 is 14.6 Å². The number of ether oxygens (including phenoxy) is 1. The molecule has 1 aromatic carbocycles. The number of rotatable bonds is 9. The molecule has 4 nitrogen and oxygen atoms in total. The van der Waals surface area contributed by atoms with E-state index in [2.05, 4.69) is 18.7 Å². The molecule has 0 atom stereocenters. The lowest BCUT2D eigenvalue weighted by Crippen LogP contribution is -2.30. The van der Waals surface area contributed by atoms with Gasteiger partial charge in [-0.15, -0.1) is 0 Å². The molecule has 1 aromatic rings.